The van der Waals surface area contributed by atoms with Crippen LogP contribution in [0.5, 0.6) is 0 Å². The number of carbonyl (C=O) groups is 1. The highest BCUT2D eigenvalue weighted by atomic mass is 32.2. The molecular weight excluding hydrogens is 472 g/mol. The van der Waals surface area contributed by atoms with E-state index in [1.165, 1.54) is 12.1 Å². The summed E-state index contributed by atoms with van der Waals surface area (Å²) in [5, 5.41) is 7.60. The molecule has 4 aromatic rings. The lowest BCUT2D eigenvalue weighted by atomic mass is 9.96. The highest BCUT2D eigenvalue weighted by molar-refractivity contribution is 7.90. The lowest BCUT2D eigenvalue weighted by molar-refractivity contribution is 0.237. The molecule has 1 aromatic heterocycles. The van der Waals surface area contributed by atoms with Crippen LogP contribution in [0.3, 0.4) is 0 Å². The van der Waals surface area contributed by atoms with E-state index >= 15 is 0 Å². The molecule has 0 radical (unpaired) electrons. The van der Waals surface area contributed by atoms with E-state index in [-0.39, 0.29) is 10.9 Å². The van der Waals surface area contributed by atoms with Gasteiger partial charge in [0.1, 0.15) is 0 Å². The van der Waals surface area contributed by atoms with Gasteiger partial charge in [-0.25, -0.2) is 22.6 Å². The summed E-state index contributed by atoms with van der Waals surface area (Å²) < 4.78 is 29.6. The Hall–Kier alpha value is -3.91. The molecule has 3 aromatic carbocycles. The summed E-state index contributed by atoms with van der Waals surface area (Å²) in [6, 6.07) is 27.5. The van der Waals surface area contributed by atoms with Gasteiger partial charge in [0, 0.05) is 17.2 Å². The van der Waals surface area contributed by atoms with Crippen LogP contribution in [0.25, 0.3) is 28.2 Å². The molecule has 0 aliphatic heterocycles. The Kier molecular flexibility index (Phi) is 6.86. The van der Waals surface area contributed by atoms with Crippen molar-refractivity contribution in [1.29, 1.82) is 0 Å². The third-order valence-electron chi connectivity index (χ3n) is 6.41. The Morgan fingerprint density at radius 3 is 2.06 bits per heavy atom. The van der Waals surface area contributed by atoms with E-state index in [0.717, 1.165) is 54.6 Å². The van der Waals surface area contributed by atoms with E-state index in [2.05, 4.69) is 10.0 Å². The molecule has 2 N–H and O–H groups in total. The molecule has 7 nitrogen and oxygen atoms in total. The van der Waals surface area contributed by atoms with E-state index in [1.807, 2.05) is 66.7 Å². The first-order chi connectivity index (χ1) is 17.5. The van der Waals surface area contributed by atoms with Crippen LogP contribution in [0.4, 0.5) is 4.79 Å². The quantitative estimate of drug-likeness (QED) is 0.364. The van der Waals surface area contributed by atoms with Gasteiger partial charge in [-0.15, -0.1) is 0 Å². The molecule has 2 amide bonds. The second-order valence-electron chi connectivity index (χ2n) is 8.97. The molecule has 0 spiro atoms. The zero-order valence-electron chi connectivity index (χ0n) is 19.8. The second kappa shape index (κ2) is 10.4. The normalized spacial score (nSPS) is 14.3. The molecular formula is C28H28N4O3S. The fourth-order valence-electron chi connectivity index (χ4n) is 4.55. The molecule has 0 bridgehead atoms. The number of nitrogens with zero attached hydrogens (tertiary/aromatic N) is 2. The van der Waals surface area contributed by atoms with Gasteiger partial charge in [-0.2, -0.15) is 5.10 Å². The first kappa shape index (κ1) is 23.8. The SMILES string of the molecule is O=C(NC1CCCCC1)NS(=O)(=O)c1ccc(-n2nc(-c3ccccc3)cc2-c2ccccc2)cc1. The molecule has 0 saturated heterocycles. The van der Waals surface area contributed by atoms with Crippen LogP contribution >= 0.6 is 0 Å². The van der Waals surface area contributed by atoms with Crippen molar-refractivity contribution in [1.82, 2.24) is 19.8 Å². The molecule has 1 aliphatic rings. The van der Waals surface area contributed by atoms with Gasteiger partial charge in [0.25, 0.3) is 10.0 Å². The van der Waals surface area contributed by atoms with Gasteiger partial charge in [0.2, 0.25) is 0 Å². The maximum absolute atomic E-state index is 12.8. The number of amides is 2. The van der Waals surface area contributed by atoms with Crippen molar-refractivity contribution in [3.05, 3.63) is 91.0 Å². The number of aromatic nitrogens is 2. The summed E-state index contributed by atoms with van der Waals surface area (Å²) in [4.78, 5) is 12.3. The summed E-state index contributed by atoms with van der Waals surface area (Å²) in [5.41, 5.74) is 4.38. The van der Waals surface area contributed by atoms with Crippen molar-refractivity contribution in [3.63, 3.8) is 0 Å². The minimum absolute atomic E-state index is 0.0155. The number of carbonyl (C=O) groups excluding carboxylic acids is 1. The fourth-order valence-corrected chi connectivity index (χ4v) is 5.47. The first-order valence-electron chi connectivity index (χ1n) is 12.1. The van der Waals surface area contributed by atoms with Gasteiger partial charge < -0.3 is 5.32 Å². The number of hydrogen-bond acceptors (Lipinski definition) is 4. The molecule has 1 saturated carbocycles. The molecule has 0 atom stereocenters. The van der Waals surface area contributed by atoms with Crippen LogP contribution in [0.2, 0.25) is 0 Å². The lowest BCUT2D eigenvalue weighted by Gasteiger charge is -2.22. The van der Waals surface area contributed by atoms with Crippen molar-refractivity contribution < 1.29 is 13.2 Å². The van der Waals surface area contributed by atoms with Gasteiger partial charge in [-0.05, 0) is 43.2 Å². The monoisotopic (exact) mass is 500 g/mol. The van der Waals surface area contributed by atoms with Crippen LogP contribution in [0.15, 0.2) is 95.9 Å². The standard InChI is InChI=1S/C28H28N4O3S/c33-28(29-23-14-8-3-9-15-23)31-36(34,35)25-18-16-24(17-19-25)32-27(22-12-6-2-7-13-22)20-26(30-32)21-10-4-1-5-11-21/h1-2,4-7,10-13,16-20,23H,3,8-9,14-15H2,(H2,29,31,33). The second-order valence-corrected chi connectivity index (χ2v) is 10.6. The van der Waals surface area contributed by atoms with Crippen LogP contribution in [0.1, 0.15) is 32.1 Å². The third-order valence-corrected chi connectivity index (χ3v) is 7.75. The maximum atomic E-state index is 12.8. The number of nitrogens with one attached hydrogen (secondary N) is 2. The Bertz CT molecular complexity index is 1430. The Balaban J connectivity index is 1.41. The summed E-state index contributed by atoms with van der Waals surface area (Å²) in [5.74, 6) is 0. The van der Waals surface area contributed by atoms with Crippen molar-refractivity contribution in [2.45, 2.75) is 43.0 Å². The van der Waals surface area contributed by atoms with Crippen molar-refractivity contribution >= 4 is 16.1 Å². The largest absolute Gasteiger partial charge is 0.335 e. The lowest BCUT2D eigenvalue weighted by Crippen LogP contribution is -2.45. The molecule has 1 heterocycles. The summed E-state index contributed by atoms with van der Waals surface area (Å²) in [6.07, 6.45) is 4.99. The number of urea groups is 1. The predicted molar refractivity (Wildman–Crippen MR) is 140 cm³/mol. The van der Waals surface area contributed by atoms with Gasteiger partial charge in [-0.1, -0.05) is 79.9 Å². The average molecular weight is 501 g/mol. The molecule has 8 heteroatoms. The Morgan fingerprint density at radius 1 is 0.806 bits per heavy atom. The Labute approximate surface area is 211 Å². The zero-order chi connectivity index (χ0) is 25.0. The molecule has 36 heavy (non-hydrogen) atoms. The first-order valence-corrected chi connectivity index (χ1v) is 13.6. The highest BCUT2D eigenvalue weighted by Crippen LogP contribution is 2.29. The van der Waals surface area contributed by atoms with E-state index in [4.69, 9.17) is 5.10 Å². The Morgan fingerprint density at radius 2 is 1.42 bits per heavy atom. The number of hydrogen-bond donors (Lipinski definition) is 2. The third kappa shape index (κ3) is 5.33. The minimum Gasteiger partial charge on any atom is -0.335 e. The number of sulfonamides is 1. The van der Waals surface area contributed by atoms with E-state index < -0.39 is 16.1 Å². The average Bonchev–Trinajstić information content (AvgIpc) is 3.36. The van der Waals surface area contributed by atoms with Gasteiger partial charge in [0.15, 0.2) is 0 Å². The van der Waals surface area contributed by atoms with Crippen LogP contribution < -0.4 is 10.0 Å². The predicted octanol–water partition coefficient (Wildman–Crippen LogP) is 5.53. The maximum Gasteiger partial charge on any atom is 0.328 e. The van der Waals surface area contributed by atoms with Gasteiger partial charge in [0.05, 0.1) is 22.0 Å². The zero-order valence-corrected chi connectivity index (χ0v) is 20.6. The van der Waals surface area contributed by atoms with E-state index in [0.29, 0.717) is 5.69 Å². The van der Waals surface area contributed by atoms with Crippen molar-refractivity contribution in [2.24, 2.45) is 0 Å². The highest BCUT2D eigenvalue weighted by Gasteiger charge is 2.21. The summed E-state index contributed by atoms with van der Waals surface area (Å²) in [6.45, 7) is 0. The molecule has 0 unspecified atom stereocenters. The fraction of sp³-hybridized carbons (Fsp3) is 0.214. The summed E-state index contributed by atoms with van der Waals surface area (Å²) >= 11 is 0. The topological polar surface area (TPSA) is 93.1 Å². The van der Waals surface area contributed by atoms with E-state index in [9.17, 15) is 13.2 Å². The minimum atomic E-state index is -4.00. The number of rotatable bonds is 6. The molecule has 5 rings (SSSR count). The van der Waals surface area contributed by atoms with Crippen LogP contribution in [-0.2, 0) is 10.0 Å². The van der Waals surface area contributed by atoms with Crippen LogP contribution in [0, 0.1) is 0 Å². The van der Waals surface area contributed by atoms with Gasteiger partial charge in [-0.3, -0.25) is 0 Å². The van der Waals surface area contributed by atoms with E-state index in [1.54, 1.807) is 16.8 Å². The number of benzene rings is 3. The molecule has 1 fully saturated rings. The molecule has 184 valence electrons. The molecule has 1 aliphatic carbocycles. The van der Waals surface area contributed by atoms with Crippen LogP contribution in [-0.4, -0.2) is 30.3 Å². The smallest absolute Gasteiger partial charge is 0.328 e. The summed E-state index contributed by atoms with van der Waals surface area (Å²) in [7, 11) is -4.00. The van der Waals surface area contributed by atoms with Gasteiger partial charge >= 0.3 is 6.03 Å². The van der Waals surface area contributed by atoms with Crippen molar-refractivity contribution in [3.8, 4) is 28.2 Å². The van der Waals surface area contributed by atoms with Crippen molar-refractivity contribution in [2.75, 3.05) is 0 Å².